The SMILES string of the molecule is CSCCC(NC(=O)C(N)CCC(N)=O)C(=O)NC(Cc1cnc[nH]1)C(=O)NC(Cc1c[nH]c2ccccc12)C(=O)O. The third kappa shape index (κ3) is 9.34. The number of nitrogens with zero attached hydrogens (tertiary/aromatic N) is 1. The second-order valence-electron chi connectivity index (χ2n) is 9.76. The minimum atomic E-state index is -1.28. The van der Waals surface area contributed by atoms with Crippen molar-refractivity contribution in [3.63, 3.8) is 0 Å². The molecule has 3 aromatic rings. The number of primary amides is 1. The fourth-order valence-electron chi connectivity index (χ4n) is 4.30. The molecule has 42 heavy (non-hydrogen) atoms. The van der Waals surface area contributed by atoms with Gasteiger partial charge in [-0.05, 0) is 36.5 Å². The molecule has 0 bridgehead atoms. The van der Waals surface area contributed by atoms with Gasteiger partial charge in [-0.15, -0.1) is 0 Å². The van der Waals surface area contributed by atoms with E-state index in [-0.39, 0.29) is 32.1 Å². The van der Waals surface area contributed by atoms with Crippen molar-refractivity contribution in [1.29, 1.82) is 0 Å². The highest BCUT2D eigenvalue weighted by Crippen LogP contribution is 2.19. The van der Waals surface area contributed by atoms with E-state index in [0.29, 0.717) is 17.0 Å². The smallest absolute Gasteiger partial charge is 0.326 e. The number of para-hydroxylation sites is 1. The maximum Gasteiger partial charge on any atom is 0.326 e. The maximum absolute atomic E-state index is 13.4. The van der Waals surface area contributed by atoms with E-state index in [0.717, 1.165) is 10.9 Å². The Bertz CT molecular complexity index is 1380. The molecule has 0 aliphatic heterocycles. The summed E-state index contributed by atoms with van der Waals surface area (Å²) in [5.74, 6) is -3.35. The fourth-order valence-corrected chi connectivity index (χ4v) is 4.77. The normalized spacial score (nSPS) is 14.0. The van der Waals surface area contributed by atoms with Gasteiger partial charge >= 0.3 is 5.97 Å². The minimum absolute atomic E-state index is 0.00536. The summed E-state index contributed by atoms with van der Waals surface area (Å²) in [6.45, 7) is 0. The number of hydrogen-bond acceptors (Lipinski definition) is 8. The van der Waals surface area contributed by atoms with Crippen LogP contribution in [0.2, 0.25) is 0 Å². The average molecular weight is 601 g/mol. The molecule has 14 nitrogen and oxygen atoms in total. The van der Waals surface area contributed by atoms with Crippen molar-refractivity contribution in [2.24, 2.45) is 11.5 Å². The predicted molar refractivity (Wildman–Crippen MR) is 157 cm³/mol. The van der Waals surface area contributed by atoms with Gasteiger partial charge in [-0.1, -0.05) is 18.2 Å². The van der Waals surface area contributed by atoms with E-state index in [4.69, 9.17) is 11.5 Å². The number of carbonyl (C=O) groups excluding carboxylic acids is 4. The molecule has 4 atom stereocenters. The van der Waals surface area contributed by atoms with Crippen LogP contribution in [0.25, 0.3) is 10.9 Å². The molecule has 0 aliphatic rings. The molecule has 226 valence electrons. The second-order valence-corrected chi connectivity index (χ2v) is 10.7. The molecule has 4 unspecified atom stereocenters. The molecule has 0 radical (unpaired) electrons. The molecule has 3 rings (SSSR count). The van der Waals surface area contributed by atoms with Crippen molar-refractivity contribution in [3.05, 3.63) is 54.2 Å². The second kappa shape index (κ2) is 15.6. The maximum atomic E-state index is 13.4. The third-order valence-electron chi connectivity index (χ3n) is 6.61. The molecule has 2 aromatic heterocycles. The summed E-state index contributed by atoms with van der Waals surface area (Å²) in [4.78, 5) is 72.6. The Kier molecular flexibility index (Phi) is 11.9. The molecule has 4 amide bonds. The number of H-pyrrole nitrogens is 2. The molecule has 0 saturated carbocycles. The number of carbonyl (C=O) groups is 5. The first kappa shape index (κ1) is 32.1. The van der Waals surface area contributed by atoms with Gasteiger partial charge in [0, 0.05) is 48.3 Å². The number of nitrogens with one attached hydrogen (secondary N) is 5. The van der Waals surface area contributed by atoms with Gasteiger partial charge in [0.05, 0.1) is 12.4 Å². The monoisotopic (exact) mass is 600 g/mol. The first-order valence-electron chi connectivity index (χ1n) is 13.3. The Morgan fingerprint density at radius 3 is 2.31 bits per heavy atom. The van der Waals surface area contributed by atoms with E-state index in [1.54, 1.807) is 6.20 Å². The standard InChI is InChI=1S/C27H36N8O6S/c1-42-9-8-20(33-24(37)18(28)6-7-23(29)36)25(38)34-21(11-16-13-30-14-32-16)26(39)35-22(27(40)41)10-15-12-31-19-5-3-2-4-17(15)19/h2-5,12-14,18,20-22,31H,6-11,28H2,1H3,(H2,29,36)(H,30,32)(H,33,37)(H,34,38)(H,35,39)(H,40,41). The van der Waals surface area contributed by atoms with Gasteiger partial charge in [-0.25, -0.2) is 9.78 Å². The van der Waals surface area contributed by atoms with Gasteiger partial charge in [0.2, 0.25) is 23.6 Å². The van der Waals surface area contributed by atoms with Crippen molar-refractivity contribution in [1.82, 2.24) is 30.9 Å². The van der Waals surface area contributed by atoms with Crippen molar-refractivity contribution in [2.75, 3.05) is 12.0 Å². The number of amides is 4. The number of aliphatic carboxylic acids is 1. The lowest BCUT2D eigenvalue weighted by Crippen LogP contribution is -2.58. The molecule has 0 aliphatic carbocycles. The summed E-state index contributed by atoms with van der Waals surface area (Å²) in [6.07, 6.45) is 6.58. The van der Waals surface area contributed by atoms with Crippen LogP contribution in [0.5, 0.6) is 0 Å². The van der Waals surface area contributed by atoms with Crippen molar-refractivity contribution >= 4 is 52.3 Å². The number of fused-ring (bicyclic) bond motifs is 1. The number of thioether (sulfide) groups is 1. The highest BCUT2D eigenvalue weighted by molar-refractivity contribution is 7.98. The quantitative estimate of drug-likeness (QED) is 0.100. The largest absolute Gasteiger partial charge is 0.480 e. The summed E-state index contributed by atoms with van der Waals surface area (Å²) in [5, 5.41) is 18.5. The zero-order valence-electron chi connectivity index (χ0n) is 23.1. The molecule has 0 spiro atoms. The van der Waals surface area contributed by atoms with Crippen molar-refractivity contribution in [2.45, 2.75) is 56.3 Å². The average Bonchev–Trinajstić information content (AvgIpc) is 3.63. The van der Waals surface area contributed by atoms with Crippen LogP contribution in [0, 0.1) is 0 Å². The Morgan fingerprint density at radius 1 is 0.952 bits per heavy atom. The van der Waals surface area contributed by atoms with E-state index in [9.17, 15) is 29.1 Å². The number of aromatic nitrogens is 3. The summed E-state index contributed by atoms with van der Waals surface area (Å²) in [6, 6.07) is 2.82. The molecule has 1 aromatic carbocycles. The number of aromatic amines is 2. The first-order valence-corrected chi connectivity index (χ1v) is 14.7. The molecular weight excluding hydrogens is 564 g/mol. The Labute approximate surface area is 246 Å². The van der Waals surface area contributed by atoms with Gasteiger partial charge in [-0.2, -0.15) is 11.8 Å². The van der Waals surface area contributed by atoms with Crippen molar-refractivity contribution < 1.29 is 29.1 Å². The van der Waals surface area contributed by atoms with Crippen molar-refractivity contribution in [3.8, 4) is 0 Å². The van der Waals surface area contributed by atoms with Crippen LogP contribution in [0.15, 0.2) is 43.0 Å². The van der Waals surface area contributed by atoms with Gasteiger partial charge in [0.25, 0.3) is 0 Å². The summed E-state index contributed by atoms with van der Waals surface area (Å²) in [5.41, 5.74) is 13.1. The molecule has 15 heteroatoms. The van der Waals surface area contributed by atoms with Crippen LogP contribution in [-0.2, 0) is 36.8 Å². The Morgan fingerprint density at radius 2 is 1.64 bits per heavy atom. The van der Waals surface area contributed by atoms with E-state index in [2.05, 4.69) is 30.9 Å². The van der Waals surface area contributed by atoms with E-state index in [1.165, 1.54) is 24.3 Å². The molecule has 2 heterocycles. The number of hydrogen-bond donors (Lipinski definition) is 8. The van der Waals surface area contributed by atoms with E-state index < -0.39 is 53.8 Å². The zero-order valence-corrected chi connectivity index (χ0v) is 23.9. The summed E-state index contributed by atoms with van der Waals surface area (Å²) in [7, 11) is 0. The van der Waals surface area contributed by atoms with Crippen LogP contribution in [-0.4, -0.2) is 85.8 Å². The lowest BCUT2D eigenvalue weighted by atomic mass is 10.0. The highest BCUT2D eigenvalue weighted by Gasteiger charge is 2.31. The molecule has 0 saturated heterocycles. The molecule has 0 fully saturated rings. The topological polar surface area (TPSA) is 238 Å². The number of carboxylic acids is 1. The number of imidazole rings is 1. The van der Waals surface area contributed by atoms with Gasteiger partial charge in [-0.3, -0.25) is 19.2 Å². The molecular formula is C27H36N8O6S. The summed E-state index contributed by atoms with van der Waals surface area (Å²) < 4.78 is 0. The highest BCUT2D eigenvalue weighted by atomic mass is 32.2. The van der Waals surface area contributed by atoms with Crippen LogP contribution >= 0.6 is 11.8 Å². The van der Waals surface area contributed by atoms with Crippen LogP contribution in [0.3, 0.4) is 0 Å². The Balaban J connectivity index is 1.76. The van der Waals surface area contributed by atoms with Crippen LogP contribution < -0.4 is 27.4 Å². The Hall–Kier alpha value is -4.37. The van der Waals surface area contributed by atoms with Crippen LogP contribution in [0.1, 0.15) is 30.5 Å². The number of rotatable bonds is 17. The van der Waals surface area contributed by atoms with E-state index >= 15 is 0 Å². The summed E-state index contributed by atoms with van der Waals surface area (Å²) >= 11 is 1.46. The first-order chi connectivity index (χ1) is 20.1. The predicted octanol–water partition coefficient (Wildman–Crippen LogP) is -0.439. The lowest BCUT2D eigenvalue weighted by molar-refractivity contribution is -0.142. The van der Waals surface area contributed by atoms with E-state index in [1.807, 2.05) is 30.5 Å². The number of carboxylic acid groups (broad SMARTS) is 1. The molecule has 10 N–H and O–H groups in total. The van der Waals surface area contributed by atoms with Gasteiger partial charge in [0.1, 0.15) is 18.1 Å². The fraction of sp³-hybridized carbons (Fsp3) is 0.407. The number of benzene rings is 1. The number of nitrogens with two attached hydrogens (primary N) is 2. The van der Waals surface area contributed by atoms with Gasteiger partial charge < -0.3 is 42.5 Å². The van der Waals surface area contributed by atoms with Crippen LogP contribution in [0.4, 0.5) is 0 Å². The minimum Gasteiger partial charge on any atom is -0.480 e. The lowest BCUT2D eigenvalue weighted by Gasteiger charge is -2.25. The third-order valence-corrected chi connectivity index (χ3v) is 7.25. The zero-order chi connectivity index (χ0) is 30.6. The van der Waals surface area contributed by atoms with Gasteiger partial charge in [0.15, 0.2) is 0 Å².